The Labute approximate surface area is 185 Å². The SMILES string of the molecule is Cc1ccc(Cn2c(=O)c3ncccc3n(CC(=O)Nc3cc(C)cc(C)c3)c2=O)cc1. The second kappa shape index (κ2) is 8.63. The molecule has 162 valence electrons. The van der Waals surface area contributed by atoms with Gasteiger partial charge in [-0.2, -0.15) is 0 Å². The van der Waals surface area contributed by atoms with E-state index in [1.807, 2.05) is 63.2 Å². The van der Waals surface area contributed by atoms with Gasteiger partial charge in [0.05, 0.1) is 12.1 Å². The quantitative estimate of drug-likeness (QED) is 0.529. The molecule has 1 amide bonds. The lowest BCUT2D eigenvalue weighted by atomic mass is 10.1. The minimum absolute atomic E-state index is 0.100. The Bertz CT molecular complexity index is 1410. The largest absolute Gasteiger partial charge is 0.332 e. The van der Waals surface area contributed by atoms with E-state index in [1.165, 1.54) is 10.8 Å². The van der Waals surface area contributed by atoms with Crippen LogP contribution in [-0.4, -0.2) is 20.0 Å². The lowest BCUT2D eigenvalue weighted by molar-refractivity contribution is -0.116. The fourth-order valence-corrected chi connectivity index (χ4v) is 3.80. The summed E-state index contributed by atoms with van der Waals surface area (Å²) in [6, 6.07) is 16.6. The van der Waals surface area contributed by atoms with Crippen molar-refractivity contribution in [2.75, 3.05) is 5.32 Å². The van der Waals surface area contributed by atoms with E-state index in [4.69, 9.17) is 0 Å². The van der Waals surface area contributed by atoms with E-state index in [-0.39, 0.29) is 24.5 Å². The van der Waals surface area contributed by atoms with E-state index in [0.29, 0.717) is 11.2 Å². The summed E-state index contributed by atoms with van der Waals surface area (Å²) in [5.74, 6) is -0.359. The molecule has 1 N–H and O–H groups in total. The maximum absolute atomic E-state index is 13.3. The molecule has 0 bridgehead atoms. The van der Waals surface area contributed by atoms with Crippen LogP contribution in [0.5, 0.6) is 0 Å². The number of benzene rings is 2. The summed E-state index contributed by atoms with van der Waals surface area (Å²) < 4.78 is 2.43. The highest BCUT2D eigenvalue weighted by Crippen LogP contribution is 2.14. The first-order chi connectivity index (χ1) is 15.3. The van der Waals surface area contributed by atoms with Crippen molar-refractivity contribution in [3.05, 3.63) is 104 Å². The molecule has 0 radical (unpaired) electrons. The minimum Gasteiger partial charge on any atom is -0.325 e. The van der Waals surface area contributed by atoms with Crippen LogP contribution in [0.25, 0.3) is 11.0 Å². The molecule has 2 aromatic heterocycles. The number of rotatable bonds is 5. The highest BCUT2D eigenvalue weighted by atomic mass is 16.2. The summed E-state index contributed by atoms with van der Waals surface area (Å²) in [6.07, 6.45) is 1.50. The summed E-state index contributed by atoms with van der Waals surface area (Å²) in [5.41, 5.74) is 4.08. The average Bonchev–Trinajstić information content (AvgIpc) is 2.75. The van der Waals surface area contributed by atoms with Gasteiger partial charge in [0.2, 0.25) is 5.91 Å². The number of pyridine rings is 1. The minimum atomic E-state index is -0.549. The highest BCUT2D eigenvalue weighted by Gasteiger charge is 2.16. The Balaban J connectivity index is 1.74. The first-order valence-corrected chi connectivity index (χ1v) is 10.3. The number of carbonyl (C=O) groups excluding carboxylic acids is 1. The van der Waals surface area contributed by atoms with E-state index in [1.54, 1.807) is 12.1 Å². The number of hydrogen-bond donors (Lipinski definition) is 1. The molecule has 0 unspecified atom stereocenters. The van der Waals surface area contributed by atoms with Gasteiger partial charge in [-0.25, -0.2) is 9.78 Å². The Morgan fingerprint density at radius 2 is 1.59 bits per heavy atom. The Kier molecular flexibility index (Phi) is 5.73. The third-order valence-corrected chi connectivity index (χ3v) is 5.26. The van der Waals surface area contributed by atoms with Crippen LogP contribution in [-0.2, 0) is 17.9 Å². The topological polar surface area (TPSA) is 86.0 Å². The first-order valence-electron chi connectivity index (χ1n) is 10.3. The fourth-order valence-electron chi connectivity index (χ4n) is 3.80. The van der Waals surface area contributed by atoms with Crippen molar-refractivity contribution in [1.29, 1.82) is 0 Å². The van der Waals surface area contributed by atoms with Crippen molar-refractivity contribution < 1.29 is 4.79 Å². The fraction of sp³-hybridized carbons (Fsp3) is 0.200. The average molecular weight is 428 g/mol. The third kappa shape index (κ3) is 4.37. The van der Waals surface area contributed by atoms with E-state index < -0.39 is 11.2 Å². The number of anilines is 1. The van der Waals surface area contributed by atoms with Gasteiger partial charge in [0.1, 0.15) is 6.54 Å². The van der Waals surface area contributed by atoms with Crippen molar-refractivity contribution in [2.24, 2.45) is 0 Å². The van der Waals surface area contributed by atoms with E-state index in [2.05, 4.69) is 10.3 Å². The number of hydrogen-bond acceptors (Lipinski definition) is 4. The van der Waals surface area contributed by atoms with Crippen LogP contribution in [0.3, 0.4) is 0 Å². The molecule has 0 fully saturated rings. The molecule has 0 aliphatic carbocycles. The highest BCUT2D eigenvalue weighted by molar-refractivity contribution is 5.91. The van der Waals surface area contributed by atoms with Gasteiger partial charge in [0, 0.05) is 11.9 Å². The van der Waals surface area contributed by atoms with Gasteiger partial charge in [-0.3, -0.25) is 18.7 Å². The van der Waals surface area contributed by atoms with Crippen molar-refractivity contribution >= 4 is 22.6 Å². The molecule has 0 saturated heterocycles. The van der Waals surface area contributed by atoms with Crippen molar-refractivity contribution in [3.8, 4) is 0 Å². The van der Waals surface area contributed by atoms with Gasteiger partial charge in [0.15, 0.2) is 5.52 Å². The van der Waals surface area contributed by atoms with Crippen LogP contribution in [0.15, 0.2) is 70.4 Å². The number of nitrogens with zero attached hydrogens (tertiary/aromatic N) is 3. The van der Waals surface area contributed by atoms with Gasteiger partial charge in [0.25, 0.3) is 5.56 Å². The van der Waals surface area contributed by atoms with Gasteiger partial charge in [-0.05, 0) is 61.7 Å². The standard InChI is InChI=1S/C25H24N4O3/c1-16-6-8-19(9-7-16)14-29-24(31)23-21(5-4-10-26-23)28(25(29)32)15-22(30)27-20-12-17(2)11-18(3)13-20/h4-13H,14-15H2,1-3H3,(H,27,30). The number of aromatic nitrogens is 3. The Hall–Kier alpha value is -4.00. The molecule has 0 spiro atoms. The number of amides is 1. The van der Waals surface area contributed by atoms with Crippen molar-refractivity contribution in [3.63, 3.8) is 0 Å². The zero-order chi connectivity index (χ0) is 22.8. The van der Waals surface area contributed by atoms with Crippen LogP contribution < -0.4 is 16.6 Å². The van der Waals surface area contributed by atoms with Gasteiger partial charge in [-0.1, -0.05) is 35.9 Å². The second-order valence-electron chi connectivity index (χ2n) is 8.04. The van der Waals surface area contributed by atoms with Crippen LogP contribution >= 0.6 is 0 Å². The normalized spacial score (nSPS) is 11.0. The predicted octanol–water partition coefficient (Wildman–Crippen LogP) is 3.17. The number of nitrogens with one attached hydrogen (secondary N) is 1. The van der Waals surface area contributed by atoms with Gasteiger partial charge in [-0.15, -0.1) is 0 Å². The van der Waals surface area contributed by atoms with E-state index in [0.717, 1.165) is 26.8 Å². The Morgan fingerprint density at radius 1 is 0.906 bits per heavy atom. The maximum atomic E-state index is 13.3. The summed E-state index contributed by atoms with van der Waals surface area (Å²) >= 11 is 0. The Morgan fingerprint density at radius 3 is 2.28 bits per heavy atom. The number of aryl methyl sites for hydroxylation is 3. The summed E-state index contributed by atoms with van der Waals surface area (Å²) in [7, 11) is 0. The molecule has 7 heteroatoms. The van der Waals surface area contributed by atoms with Gasteiger partial charge < -0.3 is 5.32 Å². The molecular weight excluding hydrogens is 404 g/mol. The number of fused-ring (bicyclic) bond motifs is 1. The zero-order valence-corrected chi connectivity index (χ0v) is 18.3. The molecule has 0 aliphatic heterocycles. The van der Waals surface area contributed by atoms with Crippen molar-refractivity contribution in [2.45, 2.75) is 33.9 Å². The second-order valence-corrected chi connectivity index (χ2v) is 8.04. The molecule has 7 nitrogen and oxygen atoms in total. The molecule has 4 aromatic rings. The molecular formula is C25H24N4O3. The summed E-state index contributed by atoms with van der Waals surface area (Å²) in [4.78, 5) is 43.3. The predicted molar refractivity (Wildman–Crippen MR) is 125 cm³/mol. The van der Waals surface area contributed by atoms with E-state index in [9.17, 15) is 14.4 Å². The smallest absolute Gasteiger partial charge is 0.325 e. The summed E-state index contributed by atoms with van der Waals surface area (Å²) in [6.45, 7) is 5.74. The van der Waals surface area contributed by atoms with Crippen LogP contribution in [0, 0.1) is 20.8 Å². The lowest BCUT2D eigenvalue weighted by Crippen LogP contribution is -2.42. The monoisotopic (exact) mass is 428 g/mol. The molecule has 0 saturated carbocycles. The summed E-state index contributed by atoms with van der Waals surface area (Å²) in [5, 5.41) is 2.85. The first kappa shape index (κ1) is 21.2. The van der Waals surface area contributed by atoms with Gasteiger partial charge >= 0.3 is 5.69 Å². The molecule has 32 heavy (non-hydrogen) atoms. The molecule has 0 aliphatic rings. The lowest BCUT2D eigenvalue weighted by Gasteiger charge is -2.14. The third-order valence-electron chi connectivity index (χ3n) is 5.26. The van der Waals surface area contributed by atoms with Crippen LogP contribution in [0.1, 0.15) is 22.3 Å². The van der Waals surface area contributed by atoms with Crippen LogP contribution in [0.4, 0.5) is 5.69 Å². The maximum Gasteiger partial charge on any atom is 0.332 e. The van der Waals surface area contributed by atoms with Crippen LogP contribution in [0.2, 0.25) is 0 Å². The van der Waals surface area contributed by atoms with E-state index >= 15 is 0 Å². The molecule has 4 rings (SSSR count). The number of carbonyl (C=O) groups is 1. The molecule has 2 heterocycles. The molecule has 0 atom stereocenters. The molecule has 2 aromatic carbocycles. The zero-order valence-electron chi connectivity index (χ0n) is 18.3. The van der Waals surface area contributed by atoms with Crippen molar-refractivity contribution in [1.82, 2.24) is 14.1 Å².